The van der Waals surface area contributed by atoms with E-state index in [1.807, 2.05) is 17.0 Å². The summed E-state index contributed by atoms with van der Waals surface area (Å²) in [6.45, 7) is 3.06. The maximum Gasteiger partial charge on any atom is 0.317 e. The van der Waals surface area contributed by atoms with E-state index in [-0.39, 0.29) is 11.9 Å². The highest BCUT2D eigenvalue weighted by atomic mass is 16.2. The predicted octanol–water partition coefficient (Wildman–Crippen LogP) is 1.23. The van der Waals surface area contributed by atoms with E-state index in [2.05, 4.69) is 17.4 Å². The fourth-order valence-electron chi connectivity index (χ4n) is 2.33. The van der Waals surface area contributed by atoms with Crippen LogP contribution in [0.25, 0.3) is 0 Å². The fourth-order valence-corrected chi connectivity index (χ4v) is 2.33. The van der Waals surface area contributed by atoms with E-state index in [1.54, 1.807) is 21.0 Å². The molecule has 1 aromatic rings. The molecule has 108 valence electrons. The number of hydrogen-bond acceptors (Lipinski definition) is 2. The van der Waals surface area contributed by atoms with E-state index in [4.69, 9.17) is 0 Å². The second-order valence-electron chi connectivity index (χ2n) is 5.34. The van der Waals surface area contributed by atoms with E-state index in [1.165, 1.54) is 16.0 Å². The molecule has 1 aromatic carbocycles. The first-order chi connectivity index (χ1) is 9.49. The predicted molar refractivity (Wildman–Crippen MR) is 77.2 cm³/mol. The molecule has 5 nitrogen and oxygen atoms in total. The summed E-state index contributed by atoms with van der Waals surface area (Å²) in [5, 5.41) is 2.70. The SMILES string of the molecule is C[C@H](NC(=O)N(C)C)C(=O)N1CCc2ccccc2C1. The molecule has 0 aliphatic carbocycles. The molecule has 2 rings (SSSR count). The molecule has 1 aliphatic rings. The molecule has 1 atom stereocenters. The number of amides is 3. The van der Waals surface area contributed by atoms with Gasteiger partial charge in [0.25, 0.3) is 0 Å². The van der Waals surface area contributed by atoms with Gasteiger partial charge in [-0.05, 0) is 24.5 Å². The van der Waals surface area contributed by atoms with Crippen LogP contribution in [0.1, 0.15) is 18.1 Å². The van der Waals surface area contributed by atoms with Gasteiger partial charge in [0, 0.05) is 27.2 Å². The Balaban J connectivity index is 1.99. The second kappa shape index (κ2) is 5.94. The topological polar surface area (TPSA) is 52.7 Å². The highest BCUT2D eigenvalue weighted by Gasteiger charge is 2.25. The minimum absolute atomic E-state index is 0.0327. The van der Waals surface area contributed by atoms with Crippen LogP contribution in [-0.2, 0) is 17.8 Å². The van der Waals surface area contributed by atoms with Gasteiger partial charge < -0.3 is 15.1 Å². The van der Waals surface area contributed by atoms with E-state index in [9.17, 15) is 9.59 Å². The standard InChI is InChI=1S/C15H21N3O2/c1-11(16-15(20)17(2)3)14(19)18-9-8-12-6-4-5-7-13(12)10-18/h4-7,11H,8-10H2,1-3H3,(H,16,20)/t11-/m0/s1. The molecular formula is C15H21N3O2. The van der Waals surface area contributed by atoms with E-state index in [0.717, 1.165) is 6.42 Å². The van der Waals surface area contributed by atoms with Crippen molar-refractivity contribution in [2.75, 3.05) is 20.6 Å². The zero-order valence-corrected chi connectivity index (χ0v) is 12.2. The third kappa shape index (κ3) is 3.10. The molecular weight excluding hydrogens is 254 g/mol. The van der Waals surface area contributed by atoms with Crippen molar-refractivity contribution in [1.29, 1.82) is 0 Å². The second-order valence-corrected chi connectivity index (χ2v) is 5.34. The van der Waals surface area contributed by atoms with Crippen LogP contribution < -0.4 is 5.32 Å². The molecule has 0 radical (unpaired) electrons. The molecule has 20 heavy (non-hydrogen) atoms. The Morgan fingerprint density at radius 3 is 2.55 bits per heavy atom. The number of nitrogens with one attached hydrogen (secondary N) is 1. The van der Waals surface area contributed by atoms with Crippen LogP contribution in [0.4, 0.5) is 4.79 Å². The average molecular weight is 275 g/mol. The van der Waals surface area contributed by atoms with Gasteiger partial charge >= 0.3 is 6.03 Å². The van der Waals surface area contributed by atoms with Crippen molar-refractivity contribution in [3.8, 4) is 0 Å². The van der Waals surface area contributed by atoms with Crippen molar-refractivity contribution in [2.45, 2.75) is 25.9 Å². The maximum atomic E-state index is 12.4. The van der Waals surface area contributed by atoms with Crippen molar-refractivity contribution < 1.29 is 9.59 Å². The maximum absolute atomic E-state index is 12.4. The van der Waals surface area contributed by atoms with E-state index < -0.39 is 6.04 Å². The molecule has 0 bridgehead atoms. The fraction of sp³-hybridized carbons (Fsp3) is 0.467. The van der Waals surface area contributed by atoms with Crippen molar-refractivity contribution in [3.05, 3.63) is 35.4 Å². The molecule has 1 aliphatic heterocycles. The van der Waals surface area contributed by atoms with Crippen molar-refractivity contribution >= 4 is 11.9 Å². The highest BCUT2D eigenvalue weighted by molar-refractivity contribution is 5.86. The first kappa shape index (κ1) is 14.4. The summed E-state index contributed by atoms with van der Waals surface area (Å²) in [5.41, 5.74) is 2.50. The molecule has 1 N–H and O–H groups in total. The minimum Gasteiger partial charge on any atom is -0.336 e. The lowest BCUT2D eigenvalue weighted by atomic mass is 9.99. The number of fused-ring (bicyclic) bond motifs is 1. The van der Waals surface area contributed by atoms with Crippen molar-refractivity contribution in [2.24, 2.45) is 0 Å². The number of urea groups is 1. The number of carbonyl (C=O) groups excluding carboxylic acids is 2. The van der Waals surface area contributed by atoms with Crippen LogP contribution in [0.15, 0.2) is 24.3 Å². The molecule has 0 saturated heterocycles. The first-order valence-electron chi connectivity index (χ1n) is 6.82. The molecule has 0 fully saturated rings. The number of carbonyl (C=O) groups is 2. The molecule has 0 aromatic heterocycles. The molecule has 0 spiro atoms. The molecule has 1 heterocycles. The molecule has 5 heteroatoms. The van der Waals surface area contributed by atoms with Gasteiger partial charge in [-0.1, -0.05) is 24.3 Å². The van der Waals surface area contributed by atoms with Crippen LogP contribution in [0, 0.1) is 0 Å². The summed E-state index contributed by atoms with van der Waals surface area (Å²) < 4.78 is 0. The summed E-state index contributed by atoms with van der Waals surface area (Å²) in [7, 11) is 3.31. The average Bonchev–Trinajstić information content (AvgIpc) is 2.45. The van der Waals surface area contributed by atoms with Gasteiger partial charge in [0.1, 0.15) is 6.04 Å². The Labute approximate surface area is 119 Å². The van der Waals surface area contributed by atoms with Crippen LogP contribution in [-0.4, -0.2) is 48.4 Å². The lowest BCUT2D eigenvalue weighted by Crippen LogP contribution is -2.50. The van der Waals surface area contributed by atoms with Crippen LogP contribution in [0.2, 0.25) is 0 Å². The molecule has 0 unspecified atom stereocenters. The number of rotatable bonds is 2. The summed E-state index contributed by atoms with van der Waals surface area (Å²) >= 11 is 0. The monoisotopic (exact) mass is 275 g/mol. The van der Waals surface area contributed by atoms with Crippen molar-refractivity contribution in [3.63, 3.8) is 0 Å². The summed E-state index contributed by atoms with van der Waals surface area (Å²) in [4.78, 5) is 27.2. The van der Waals surface area contributed by atoms with Crippen LogP contribution in [0.3, 0.4) is 0 Å². The van der Waals surface area contributed by atoms with Gasteiger partial charge in [-0.25, -0.2) is 4.79 Å². The zero-order valence-electron chi connectivity index (χ0n) is 12.2. The van der Waals surface area contributed by atoms with E-state index in [0.29, 0.717) is 13.1 Å². The highest BCUT2D eigenvalue weighted by Crippen LogP contribution is 2.18. The third-order valence-electron chi connectivity index (χ3n) is 3.56. The summed E-state index contributed by atoms with van der Waals surface area (Å²) in [6, 6.07) is 7.42. The smallest absolute Gasteiger partial charge is 0.317 e. The normalized spacial score (nSPS) is 15.2. The molecule has 3 amide bonds. The van der Waals surface area contributed by atoms with Gasteiger partial charge in [-0.15, -0.1) is 0 Å². The Hall–Kier alpha value is -2.04. The quantitative estimate of drug-likeness (QED) is 0.882. The Kier molecular flexibility index (Phi) is 4.27. The zero-order chi connectivity index (χ0) is 14.7. The Bertz CT molecular complexity index is 514. The number of nitrogens with zero attached hydrogens (tertiary/aromatic N) is 2. The minimum atomic E-state index is -0.504. The third-order valence-corrected chi connectivity index (χ3v) is 3.56. The van der Waals surface area contributed by atoms with Crippen LogP contribution in [0.5, 0.6) is 0 Å². The van der Waals surface area contributed by atoms with Gasteiger partial charge in [-0.2, -0.15) is 0 Å². The molecule has 0 saturated carbocycles. The Morgan fingerprint density at radius 1 is 1.25 bits per heavy atom. The van der Waals surface area contributed by atoms with Crippen molar-refractivity contribution in [1.82, 2.24) is 15.1 Å². The lowest BCUT2D eigenvalue weighted by molar-refractivity contribution is -0.133. The summed E-state index contributed by atoms with van der Waals surface area (Å²) in [6.07, 6.45) is 0.871. The van der Waals surface area contributed by atoms with Gasteiger partial charge in [-0.3, -0.25) is 4.79 Å². The summed E-state index contributed by atoms with van der Waals surface area (Å²) in [5.74, 6) is -0.0327. The van der Waals surface area contributed by atoms with Gasteiger partial charge in [0.2, 0.25) is 5.91 Å². The van der Waals surface area contributed by atoms with Gasteiger partial charge in [0.15, 0.2) is 0 Å². The van der Waals surface area contributed by atoms with Crippen LogP contribution >= 0.6 is 0 Å². The van der Waals surface area contributed by atoms with E-state index >= 15 is 0 Å². The lowest BCUT2D eigenvalue weighted by Gasteiger charge is -2.31. The first-order valence-corrected chi connectivity index (χ1v) is 6.82. The number of benzene rings is 1. The van der Waals surface area contributed by atoms with Gasteiger partial charge in [0.05, 0.1) is 0 Å². The number of hydrogen-bond donors (Lipinski definition) is 1. The largest absolute Gasteiger partial charge is 0.336 e. The Morgan fingerprint density at radius 2 is 1.90 bits per heavy atom.